The number of methoxy groups -OCH3 is 1. The molecule has 0 aliphatic carbocycles. The monoisotopic (exact) mass is 354 g/mol. The molecule has 0 fully saturated rings. The van der Waals surface area contributed by atoms with E-state index in [0.29, 0.717) is 0 Å². The number of nitrogens with two attached hydrogens (primary N) is 1. The largest absolute Gasteiger partial charge is 0.479 e. The smallest absolute Gasteiger partial charge is 0.373 e. The standard InChI is InChI=1S/C12H22N2O8S/c1-3-23(19,20)14-9-6(13)4-8(12(18)21-2)22-11(9)10(17)7(16)5-15/h4,6-7,9-11,14-17H,3,5,13H2,1-2H3/t6-,7+,9+,10+,11+/m0/s1. The molecule has 1 aliphatic rings. The van der Waals surface area contributed by atoms with Crippen molar-refractivity contribution in [1.29, 1.82) is 0 Å². The molecule has 10 nitrogen and oxygen atoms in total. The first-order valence-electron chi connectivity index (χ1n) is 6.86. The second-order valence-corrected chi connectivity index (χ2v) is 7.01. The van der Waals surface area contributed by atoms with Gasteiger partial charge < -0.3 is 30.5 Å². The van der Waals surface area contributed by atoms with Crippen molar-refractivity contribution in [3.8, 4) is 0 Å². The van der Waals surface area contributed by atoms with Crippen LogP contribution < -0.4 is 10.5 Å². The van der Waals surface area contributed by atoms with Crippen LogP contribution in [-0.4, -0.2) is 79.6 Å². The van der Waals surface area contributed by atoms with E-state index in [0.717, 1.165) is 13.2 Å². The van der Waals surface area contributed by atoms with Crippen molar-refractivity contribution in [2.45, 2.75) is 37.3 Å². The molecule has 11 heteroatoms. The Hall–Kier alpha value is -1.24. The summed E-state index contributed by atoms with van der Waals surface area (Å²) < 4.78 is 35.5. The van der Waals surface area contributed by atoms with E-state index >= 15 is 0 Å². The van der Waals surface area contributed by atoms with Gasteiger partial charge in [-0.05, 0) is 13.0 Å². The summed E-state index contributed by atoms with van der Waals surface area (Å²) in [7, 11) is -2.60. The fourth-order valence-electron chi connectivity index (χ4n) is 2.02. The summed E-state index contributed by atoms with van der Waals surface area (Å²) in [4.78, 5) is 11.6. The summed E-state index contributed by atoms with van der Waals surface area (Å²) in [5, 5.41) is 28.6. The Kier molecular flexibility index (Phi) is 6.92. The number of hydrogen-bond donors (Lipinski definition) is 5. The molecule has 0 saturated carbocycles. The van der Waals surface area contributed by atoms with E-state index in [9.17, 15) is 23.4 Å². The molecule has 134 valence electrons. The number of aliphatic hydroxyl groups is 3. The van der Waals surface area contributed by atoms with Gasteiger partial charge in [0.05, 0.1) is 25.5 Å². The van der Waals surface area contributed by atoms with E-state index in [-0.39, 0.29) is 11.5 Å². The van der Waals surface area contributed by atoms with E-state index in [1.54, 1.807) is 0 Å². The topological polar surface area (TPSA) is 168 Å². The number of carbonyl (C=O) groups excluding carboxylic acids is 1. The van der Waals surface area contributed by atoms with Gasteiger partial charge in [-0.1, -0.05) is 0 Å². The van der Waals surface area contributed by atoms with Crippen molar-refractivity contribution in [2.24, 2.45) is 5.73 Å². The first-order chi connectivity index (χ1) is 10.7. The summed E-state index contributed by atoms with van der Waals surface area (Å²) >= 11 is 0. The van der Waals surface area contributed by atoms with Gasteiger partial charge in [-0.3, -0.25) is 0 Å². The summed E-state index contributed by atoms with van der Waals surface area (Å²) in [6.07, 6.45) is -3.54. The van der Waals surface area contributed by atoms with Crippen molar-refractivity contribution in [1.82, 2.24) is 4.72 Å². The maximum Gasteiger partial charge on any atom is 0.373 e. The fourth-order valence-corrected chi connectivity index (χ4v) is 2.89. The molecular weight excluding hydrogens is 332 g/mol. The number of rotatable bonds is 7. The van der Waals surface area contributed by atoms with Crippen LogP contribution in [0, 0.1) is 0 Å². The number of ether oxygens (including phenoxy) is 2. The van der Waals surface area contributed by atoms with Gasteiger partial charge in [0, 0.05) is 6.04 Å². The molecule has 6 N–H and O–H groups in total. The van der Waals surface area contributed by atoms with E-state index in [1.807, 2.05) is 0 Å². The molecule has 0 aromatic carbocycles. The zero-order valence-electron chi connectivity index (χ0n) is 12.7. The fraction of sp³-hybridized carbons (Fsp3) is 0.750. The normalized spacial score (nSPS) is 27.6. The molecule has 23 heavy (non-hydrogen) atoms. The van der Waals surface area contributed by atoms with Crippen LogP contribution in [0.2, 0.25) is 0 Å². The summed E-state index contributed by atoms with van der Waals surface area (Å²) in [5.74, 6) is -1.43. The van der Waals surface area contributed by atoms with Gasteiger partial charge in [0.25, 0.3) is 0 Å². The minimum atomic E-state index is -3.70. The highest BCUT2D eigenvalue weighted by Crippen LogP contribution is 2.23. The van der Waals surface area contributed by atoms with Gasteiger partial charge in [0.2, 0.25) is 15.8 Å². The van der Waals surface area contributed by atoms with Gasteiger partial charge in [-0.2, -0.15) is 0 Å². The number of carbonyl (C=O) groups is 1. The molecule has 0 amide bonds. The van der Waals surface area contributed by atoms with Crippen LogP contribution in [0.1, 0.15) is 6.92 Å². The van der Waals surface area contributed by atoms with Crippen molar-refractivity contribution in [2.75, 3.05) is 19.5 Å². The van der Waals surface area contributed by atoms with Crippen LogP contribution in [0.25, 0.3) is 0 Å². The van der Waals surface area contributed by atoms with E-state index < -0.39 is 53.0 Å². The van der Waals surface area contributed by atoms with E-state index in [1.165, 1.54) is 6.92 Å². The van der Waals surface area contributed by atoms with Gasteiger partial charge in [-0.15, -0.1) is 0 Å². The number of nitrogens with one attached hydrogen (secondary N) is 1. The zero-order valence-corrected chi connectivity index (χ0v) is 13.6. The van der Waals surface area contributed by atoms with E-state index in [4.69, 9.17) is 15.6 Å². The third kappa shape index (κ3) is 4.86. The first-order valence-corrected chi connectivity index (χ1v) is 8.51. The predicted molar refractivity (Wildman–Crippen MR) is 78.4 cm³/mol. The molecule has 0 saturated heterocycles. The predicted octanol–water partition coefficient (Wildman–Crippen LogP) is -3.21. The second-order valence-electron chi connectivity index (χ2n) is 4.97. The van der Waals surface area contributed by atoms with Crippen LogP contribution in [0.15, 0.2) is 11.8 Å². The SMILES string of the molecule is CCS(=O)(=O)N[C@H]1[C@H]([C@H](O)[C@H](O)CO)OC(C(=O)OC)=C[C@@H]1N. The number of aliphatic hydroxyl groups excluding tert-OH is 3. The third-order valence-electron chi connectivity index (χ3n) is 3.38. The molecule has 1 aliphatic heterocycles. The molecule has 0 bridgehead atoms. The second kappa shape index (κ2) is 8.04. The summed E-state index contributed by atoms with van der Waals surface area (Å²) in [6, 6.07) is -2.17. The van der Waals surface area contributed by atoms with E-state index in [2.05, 4.69) is 9.46 Å². The highest BCUT2D eigenvalue weighted by molar-refractivity contribution is 7.89. The highest BCUT2D eigenvalue weighted by atomic mass is 32.2. The Labute approximate surface area is 133 Å². The first kappa shape index (κ1) is 19.8. The Bertz CT molecular complexity index is 549. The lowest BCUT2D eigenvalue weighted by atomic mass is 9.93. The lowest BCUT2D eigenvalue weighted by Crippen LogP contribution is -2.62. The van der Waals surface area contributed by atoms with Gasteiger partial charge in [0.1, 0.15) is 18.3 Å². The molecule has 0 radical (unpaired) electrons. The highest BCUT2D eigenvalue weighted by Gasteiger charge is 2.43. The molecule has 0 aromatic rings. The molecule has 5 atom stereocenters. The van der Waals surface area contributed by atoms with Crippen LogP contribution >= 0.6 is 0 Å². The van der Waals surface area contributed by atoms with Gasteiger partial charge in [0.15, 0.2) is 0 Å². The minimum Gasteiger partial charge on any atom is -0.479 e. The van der Waals surface area contributed by atoms with Crippen LogP contribution in [-0.2, 0) is 24.3 Å². The maximum atomic E-state index is 11.8. The average Bonchev–Trinajstić information content (AvgIpc) is 2.54. The van der Waals surface area contributed by atoms with Crippen LogP contribution in [0.3, 0.4) is 0 Å². The molecule has 1 rings (SSSR count). The maximum absolute atomic E-state index is 11.8. The lowest BCUT2D eigenvalue weighted by Gasteiger charge is -2.38. The number of esters is 1. The van der Waals surface area contributed by atoms with Gasteiger partial charge in [-0.25, -0.2) is 17.9 Å². The number of hydrogen-bond acceptors (Lipinski definition) is 9. The van der Waals surface area contributed by atoms with Crippen LogP contribution in [0.4, 0.5) is 0 Å². The quantitative estimate of drug-likeness (QED) is 0.295. The third-order valence-corrected chi connectivity index (χ3v) is 4.77. The molecular formula is C12H22N2O8S. The van der Waals surface area contributed by atoms with Crippen molar-refractivity contribution in [3.05, 3.63) is 11.8 Å². The average molecular weight is 354 g/mol. The number of sulfonamides is 1. The Morgan fingerprint density at radius 1 is 1.52 bits per heavy atom. The van der Waals surface area contributed by atoms with Crippen LogP contribution in [0.5, 0.6) is 0 Å². The Morgan fingerprint density at radius 2 is 2.13 bits per heavy atom. The van der Waals surface area contributed by atoms with Crippen molar-refractivity contribution in [3.63, 3.8) is 0 Å². The van der Waals surface area contributed by atoms with Crippen molar-refractivity contribution >= 4 is 16.0 Å². The molecule has 0 aromatic heterocycles. The Morgan fingerprint density at radius 3 is 2.61 bits per heavy atom. The lowest BCUT2D eigenvalue weighted by molar-refractivity contribution is -0.147. The summed E-state index contributed by atoms with van der Waals surface area (Å²) in [6.45, 7) is 0.613. The molecule has 1 heterocycles. The molecule has 0 unspecified atom stereocenters. The summed E-state index contributed by atoms with van der Waals surface area (Å²) in [5.41, 5.74) is 5.85. The minimum absolute atomic E-state index is 0.241. The Balaban J connectivity index is 3.16. The zero-order chi connectivity index (χ0) is 17.8. The molecule has 0 spiro atoms. The van der Waals surface area contributed by atoms with Crippen molar-refractivity contribution < 1.29 is 38.0 Å². The van der Waals surface area contributed by atoms with Gasteiger partial charge >= 0.3 is 5.97 Å².